The zero-order valence-corrected chi connectivity index (χ0v) is 16.7. The summed E-state index contributed by atoms with van der Waals surface area (Å²) in [5, 5.41) is 4.77. The molecule has 0 bridgehead atoms. The van der Waals surface area contributed by atoms with Gasteiger partial charge in [-0.15, -0.1) is 0 Å². The van der Waals surface area contributed by atoms with Gasteiger partial charge in [0.05, 0.1) is 5.52 Å². The summed E-state index contributed by atoms with van der Waals surface area (Å²) in [7, 11) is 0. The van der Waals surface area contributed by atoms with E-state index in [4.69, 9.17) is 4.98 Å². The Morgan fingerprint density at radius 3 is 2.03 bits per heavy atom. The lowest BCUT2D eigenvalue weighted by Gasteiger charge is -2.11. The molecule has 0 spiro atoms. The Bertz CT molecular complexity index is 1240. The van der Waals surface area contributed by atoms with Crippen LogP contribution in [0.25, 0.3) is 22.0 Å². The maximum absolute atomic E-state index is 4.70. The van der Waals surface area contributed by atoms with Crippen LogP contribution in [-0.2, 0) is 13.1 Å². The molecule has 0 radical (unpaired) electrons. The van der Waals surface area contributed by atoms with Crippen molar-refractivity contribution >= 4 is 16.7 Å². The van der Waals surface area contributed by atoms with Gasteiger partial charge in [-0.1, -0.05) is 91.0 Å². The Balaban J connectivity index is 1.60. The Kier molecular flexibility index (Phi) is 5.01. The largest absolute Gasteiger partial charge is 0.364 e. The standard InChI is InChI=1S/C27H23N3/c1-4-10-21(11-5-1)18-29-27-26-24(16-17-28-27)25(23-14-8-3-9-15-23)20-30(26)19-22-12-6-2-7-13-22/h1-17,20H,18-19H2,(H,28,29). The quantitative estimate of drug-likeness (QED) is 0.366. The molecule has 3 heteroatoms. The lowest BCUT2D eigenvalue weighted by molar-refractivity contribution is 0.835. The minimum Gasteiger partial charge on any atom is -0.364 e. The van der Waals surface area contributed by atoms with Crippen molar-refractivity contribution in [2.75, 3.05) is 5.32 Å². The average Bonchev–Trinajstić information content (AvgIpc) is 3.19. The Morgan fingerprint density at radius 1 is 0.700 bits per heavy atom. The number of rotatable bonds is 6. The lowest BCUT2D eigenvalue weighted by Crippen LogP contribution is -2.05. The molecule has 0 saturated carbocycles. The van der Waals surface area contributed by atoms with Gasteiger partial charge in [-0.25, -0.2) is 4.98 Å². The van der Waals surface area contributed by atoms with Crippen molar-refractivity contribution in [1.29, 1.82) is 0 Å². The van der Waals surface area contributed by atoms with Crippen molar-refractivity contribution in [2.45, 2.75) is 13.1 Å². The molecule has 2 aromatic heterocycles. The normalized spacial score (nSPS) is 10.9. The van der Waals surface area contributed by atoms with E-state index in [0.29, 0.717) is 0 Å². The average molecular weight is 390 g/mol. The Morgan fingerprint density at radius 2 is 1.33 bits per heavy atom. The van der Waals surface area contributed by atoms with Gasteiger partial charge in [0.15, 0.2) is 5.82 Å². The number of hydrogen-bond acceptors (Lipinski definition) is 2. The third-order valence-corrected chi connectivity index (χ3v) is 5.37. The molecule has 5 rings (SSSR count). The summed E-state index contributed by atoms with van der Waals surface area (Å²) < 4.78 is 2.31. The highest BCUT2D eigenvalue weighted by molar-refractivity contribution is 6.01. The SMILES string of the molecule is c1ccc(CNc2nccc3c(-c4ccccc4)cn(Cc4ccccc4)c23)cc1. The molecule has 0 atom stereocenters. The number of hydrogen-bond donors (Lipinski definition) is 1. The summed E-state index contributed by atoms with van der Waals surface area (Å²) in [5.41, 5.74) is 6.09. The van der Waals surface area contributed by atoms with Gasteiger partial charge in [-0.3, -0.25) is 0 Å². The van der Waals surface area contributed by atoms with Gasteiger partial charge in [-0.2, -0.15) is 0 Å². The van der Waals surface area contributed by atoms with Gasteiger partial charge in [0, 0.05) is 36.4 Å². The second kappa shape index (κ2) is 8.26. The van der Waals surface area contributed by atoms with Crippen LogP contribution in [0.4, 0.5) is 5.82 Å². The molecule has 1 N–H and O–H groups in total. The number of nitrogens with one attached hydrogen (secondary N) is 1. The molecule has 3 aromatic carbocycles. The molecule has 0 fully saturated rings. The first-order chi connectivity index (χ1) is 14.9. The molecule has 0 unspecified atom stereocenters. The van der Waals surface area contributed by atoms with Gasteiger partial charge in [0.25, 0.3) is 0 Å². The molecule has 2 heterocycles. The summed E-state index contributed by atoms with van der Waals surface area (Å²) in [6, 6.07) is 33.7. The van der Waals surface area contributed by atoms with Crippen LogP contribution < -0.4 is 5.32 Å². The molecule has 0 saturated heterocycles. The predicted octanol–water partition coefficient (Wildman–Crippen LogP) is 6.36. The molecule has 0 aliphatic carbocycles. The van der Waals surface area contributed by atoms with Crippen LogP contribution in [0.5, 0.6) is 0 Å². The predicted molar refractivity (Wildman–Crippen MR) is 124 cm³/mol. The number of anilines is 1. The molecular formula is C27H23N3. The highest BCUT2D eigenvalue weighted by atomic mass is 15.0. The first-order valence-corrected chi connectivity index (χ1v) is 10.2. The third-order valence-electron chi connectivity index (χ3n) is 5.37. The van der Waals surface area contributed by atoms with Crippen LogP contribution in [-0.4, -0.2) is 9.55 Å². The second-order valence-electron chi connectivity index (χ2n) is 7.42. The first kappa shape index (κ1) is 18.2. The first-order valence-electron chi connectivity index (χ1n) is 10.2. The van der Waals surface area contributed by atoms with Crippen LogP contribution in [0, 0.1) is 0 Å². The third kappa shape index (κ3) is 3.70. The summed E-state index contributed by atoms with van der Waals surface area (Å²) in [4.78, 5) is 4.70. The molecular weight excluding hydrogens is 366 g/mol. The highest BCUT2D eigenvalue weighted by Crippen LogP contribution is 2.34. The molecule has 0 aliphatic heterocycles. The summed E-state index contributed by atoms with van der Waals surface area (Å²) in [6.07, 6.45) is 4.15. The van der Waals surface area contributed by atoms with E-state index in [0.717, 1.165) is 24.4 Å². The number of benzene rings is 3. The van der Waals surface area contributed by atoms with Crippen molar-refractivity contribution in [3.8, 4) is 11.1 Å². The minimum atomic E-state index is 0.740. The van der Waals surface area contributed by atoms with Crippen molar-refractivity contribution in [1.82, 2.24) is 9.55 Å². The van der Waals surface area contributed by atoms with Gasteiger partial charge in [0.1, 0.15) is 0 Å². The zero-order valence-electron chi connectivity index (χ0n) is 16.7. The van der Waals surface area contributed by atoms with Gasteiger partial charge >= 0.3 is 0 Å². The van der Waals surface area contributed by atoms with E-state index in [1.807, 2.05) is 12.3 Å². The number of fused-ring (bicyclic) bond motifs is 1. The number of pyridine rings is 1. The van der Waals surface area contributed by atoms with Crippen LogP contribution in [0.1, 0.15) is 11.1 Å². The maximum Gasteiger partial charge on any atom is 0.150 e. The fourth-order valence-electron chi connectivity index (χ4n) is 3.92. The van der Waals surface area contributed by atoms with Gasteiger partial charge < -0.3 is 9.88 Å². The van der Waals surface area contributed by atoms with Crippen LogP contribution in [0.3, 0.4) is 0 Å². The topological polar surface area (TPSA) is 29.9 Å². The van der Waals surface area contributed by atoms with E-state index < -0.39 is 0 Å². The van der Waals surface area contributed by atoms with E-state index >= 15 is 0 Å². The lowest BCUT2D eigenvalue weighted by atomic mass is 10.1. The van der Waals surface area contributed by atoms with Crippen molar-refractivity contribution in [3.05, 3.63) is 121 Å². The number of nitrogens with zero attached hydrogens (tertiary/aromatic N) is 2. The van der Waals surface area contributed by atoms with Crippen molar-refractivity contribution in [2.24, 2.45) is 0 Å². The monoisotopic (exact) mass is 389 g/mol. The van der Waals surface area contributed by atoms with Crippen LogP contribution in [0.15, 0.2) is 109 Å². The number of aromatic nitrogens is 2. The van der Waals surface area contributed by atoms with E-state index in [1.54, 1.807) is 0 Å². The van der Waals surface area contributed by atoms with Gasteiger partial charge in [-0.05, 0) is 22.8 Å². The van der Waals surface area contributed by atoms with E-state index in [-0.39, 0.29) is 0 Å². The molecule has 0 amide bonds. The van der Waals surface area contributed by atoms with Crippen molar-refractivity contribution in [3.63, 3.8) is 0 Å². The van der Waals surface area contributed by atoms with Crippen LogP contribution >= 0.6 is 0 Å². The van der Waals surface area contributed by atoms with E-state index in [1.165, 1.54) is 27.6 Å². The fourth-order valence-corrected chi connectivity index (χ4v) is 3.92. The Hall–Kier alpha value is -3.85. The van der Waals surface area contributed by atoms with E-state index in [9.17, 15) is 0 Å². The second-order valence-corrected chi connectivity index (χ2v) is 7.42. The van der Waals surface area contributed by atoms with Gasteiger partial charge in [0.2, 0.25) is 0 Å². The maximum atomic E-state index is 4.70. The fraction of sp³-hybridized carbons (Fsp3) is 0.0741. The molecule has 0 aliphatic rings. The molecule has 5 aromatic rings. The van der Waals surface area contributed by atoms with Crippen LogP contribution in [0.2, 0.25) is 0 Å². The minimum absolute atomic E-state index is 0.740. The van der Waals surface area contributed by atoms with E-state index in [2.05, 4.69) is 107 Å². The Labute approximate surface area is 176 Å². The summed E-state index contributed by atoms with van der Waals surface area (Å²) in [5.74, 6) is 0.912. The van der Waals surface area contributed by atoms with Crippen molar-refractivity contribution < 1.29 is 0 Å². The molecule has 146 valence electrons. The summed E-state index contributed by atoms with van der Waals surface area (Å²) in [6.45, 7) is 1.54. The molecule has 3 nitrogen and oxygen atoms in total. The summed E-state index contributed by atoms with van der Waals surface area (Å²) >= 11 is 0. The zero-order chi connectivity index (χ0) is 20.2. The highest BCUT2D eigenvalue weighted by Gasteiger charge is 2.15. The smallest absolute Gasteiger partial charge is 0.150 e. The molecule has 30 heavy (non-hydrogen) atoms.